The third-order valence-electron chi connectivity index (χ3n) is 1.98. The summed E-state index contributed by atoms with van der Waals surface area (Å²) in [4.78, 5) is 13.9. The van der Waals surface area contributed by atoms with Gasteiger partial charge in [0.1, 0.15) is 6.07 Å². The molecule has 0 aliphatic carbocycles. The minimum Gasteiger partial charge on any atom is -0.363 e. The van der Waals surface area contributed by atoms with E-state index in [1.165, 1.54) is 6.20 Å². The fourth-order valence-corrected chi connectivity index (χ4v) is 1.68. The van der Waals surface area contributed by atoms with Gasteiger partial charge in [0, 0.05) is 25.4 Å². The lowest BCUT2D eigenvalue weighted by Crippen LogP contribution is -2.27. The van der Waals surface area contributed by atoms with Crippen molar-refractivity contribution in [2.24, 2.45) is 0 Å². The van der Waals surface area contributed by atoms with Crippen LogP contribution in [0.25, 0.3) is 0 Å². The molecule has 1 aromatic heterocycles. The van der Waals surface area contributed by atoms with Crippen molar-refractivity contribution < 1.29 is 13.3 Å². The molecule has 0 spiro atoms. The molecule has 0 bridgehead atoms. The van der Waals surface area contributed by atoms with Gasteiger partial charge in [-0.2, -0.15) is 5.26 Å². The molecular weight excluding hydrogens is 274 g/mol. The van der Waals surface area contributed by atoms with Crippen LogP contribution >= 0.6 is 0 Å². The highest BCUT2D eigenvalue weighted by Crippen LogP contribution is 2.21. The molecule has 0 aliphatic rings. The SMILES string of the molecule is CS(=O)(=O)NCCNc1ncc(C#N)cc1[N+](=O)[O-]. The second kappa shape index (κ2) is 6.07. The standard InChI is InChI=1S/C9H11N5O4S/c1-19(17,18)13-3-2-11-9-8(14(15)16)4-7(5-10)6-12-9/h4,6,13H,2-3H2,1H3,(H,11,12). The Morgan fingerprint density at radius 2 is 2.21 bits per heavy atom. The molecule has 0 atom stereocenters. The summed E-state index contributed by atoms with van der Waals surface area (Å²) < 4.78 is 23.8. The van der Waals surface area contributed by atoms with Crippen LogP contribution in [0.4, 0.5) is 11.5 Å². The van der Waals surface area contributed by atoms with Gasteiger partial charge in [0.25, 0.3) is 0 Å². The first-order chi connectivity index (χ1) is 8.83. The van der Waals surface area contributed by atoms with E-state index in [4.69, 9.17) is 5.26 Å². The van der Waals surface area contributed by atoms with E-state index in [2.05, 4.69) is 15.0 Å². The Kier molecular flexibility index (Phi) is 4.74. The van der Waals surface area contributed by atoms with Gasteiger partial charge in [-0.05, 0) is 0 Å². The van der Waals surface area contributed by atoms with Crippen molar-refractivity contribution in [3.63, 3.8) is 0 Å². The molecule has 0 amide bonds. The van der Waals surface area contributed by atoms with Crippen molar-refractivity contribution in [3.05, 3.63) is 27.9 Å². The summed E-state index contributed by atoms with van der Waals surface area (Å²) in [5.41, 5.74) is -0.259. The molecule has 0 unspecified atom stereocenters. The quantitative estimate of drug-likeness (QED) is 0.420. The Balaban J connectivity index is 2.73. The summed E-state index contributed by atoms with van der Waals surface area (Å²) in [5.74, 6) is -0.0145. The zero-order valence-corrected chi connectivity index (χ0v) is 10.8. The minimum absolute atomic E-state index is 0.0145. The highest BCUT2D eigenvalue weighted by atomic mass is 32.2. The first-order valence-corrected chi connectivity index (χ1v) is 6.95. The Labute approximate surface area is 109 Å². The first kappa shape index (κ1) is 14.8. The summed E-state index contributed by atoms with van der Waals surface area (Å²) in [5, 5.41) is 22.0. The number of nitrogens with zero attached hydrogens (tertiary/aromatic N) is 3. The molecule has 1 rings (SSSR count). The number of nitriles is 1. The Morgan fingerprint density at radius 3 is 2.74 bits per heavy atom. The lowest BCUT2D eigenvalue weighted by Gasteiger charge is -2.06. The van der Waals surface area contributed by atoms with Crippen LogP contribution in [0.5, 0.6) is 0 Å². The van der Waals surface area contributed by atoms with Crippen molar-refractivity contribution in [1.29, 1.82) is 5.26 Å². The summed E-state index contributed by atoms with van der Waals surface area (Å²) in [6, 6.07) is 2.85. The minimum atomic E-state index is -3.30. The molecule has 0 aliphatic heterocycles. The molecule has 0 aromatic carbocycles. The topological polar surface area (TPSA) is 138 Å². The summed E-state index contributed by atoms with van der Waals surface area (Å²) >= 11 is 0. The zero-order valence-electron chi connectivity index (χ0n) is 9.95. The Morgan fingerprint density at radius 1 is 1.53 bits per heavy atom. The van der Waals surface area contributed by atoms with Gasteiger partial charge in [-0.15, -0.1) is 0 Å². The maximum absolute atomic E-state index is 10.8. The number of aromatic nitrogens is 1. The van der Waals surface area contributed by atoms with Crippen LogP contribution in [0, 0.1) is 21.4 Å². The summed E-state index contributed by atoms with van der Waals surface area (Å²) in [6.45, 7) is 0.199. The maximum atomic E-state index is 10.8. The molecule has 19 heavy (non-hydrogen) atoms. The van der Waals surface area contributed by atoms with E-state index in [0.717, 1.165) is 12.3 Å². The van der Waals surface area contributed by atoms with Gasteiger partial charge in [0.15, 0.2) is 0 Å². The molecule has 0 saturated heterocycles. The zero-order chi connectivity index (χ0) is 14.5. The van der Waals surface area contributed by atoms with Crippen LogP contribution < -0.4 is 10.0 Å². The van der Waals surface area contributed by atoms with E-state index < -0.39 is 14.9 Å². The molecule has 0 fully saturated rings. The first-order valence-electron chi connectivity index (χ1n) is 5.06. The molecule has 10 heteroatoms. The molecule has 0 radical (unpaired) electrons. The van der Waals surface area contributed by atoms with Crippen LogP contribution in [0.3, 0.4) is 0 Å². The number of hydrogen-bond donors (Lipinski definition) is 2. The molecule has 1 heterocycles. The van der Waals surface area contributed by atoms with Crippen molar-refractivity contribution >= 4 is 21.5 Å². The number of nitrogens with one attached hydrogen (secondary N) is 2. The highest BCUT2D eigenvalue weighted by molar-refractivity contribution is 7.88. The fourth-order valence-electron chi connectivity index (χ4n) is 1.21. The molecular formula is C9H11N5O4S. The summed E-state index contributed by atoms with van der Waals surface area (Å²) in [6.07, 6.45) is 2.20. The largest absolute Gasteiger partial charge is 0.363 e. The number of sulfonamides is 1. The van der Waals surface area contributed by atoms with Crippen LogP contribution in [-0.4, -0.2) is 37.7 Å². The summed E-state index contributed by atoms with van der Waals surface area (Å²) in [7, 11) is -3.30. The Hall–Kier alpha value is -2.25. The van der Waals surface area contributed by atoms with E-state index >= 15 is 0 Å². The molecule has 1 aromatic rings. The number of rotatable bonds is 6. The van der Waals surface area contributed by atoms with Crippen LogP contribution in [0.15, 0.2) is 12.3 Å². The number of pyridine rings is 1. The molecule has 102 valence electrons. The van der Waals surface area contributed by atoms with E-state index in [1.54, 1.807) is 6.07 Å². The maximum Gasteiger partial charge on any atom is 0.312 e. The van der Waals surface area contributed by atoms with E-state index in [1.807, 2.05) is 0 Å². The third-order valence-corrected chi connectivity index (χ3v) is 2.70. The predicted molar refractivity (Wildman–Crippen MR) is 66.9 cm³/mol. The average Bonchev–Trinajstić information content (AvgIpc) is 2.33. The van der Waals surface area contributed by atoms with Crippen molar-refractivity contribution in [2.45, 2.75) is 0 Å². The molecule has 0 saturated carbocycles. The second-order valence-electron chi connectivity index (χ2n) is 3.55. The molecule has 9 nitrogen and oxygen atoms in total. The monoisotopic (exact) mass is 285 g/mol. The lowest BCUT2D eigenvalue weighted by atomic mass is 10.3. The Bertz CT molecular complexity index is 622. The van der Waals surface area contributed by atoms with Crippen LogP contribution in [-0.2, 0) is 10.0 Å². The van der Waals surface area contributed by atoms with E-state index in [9.17, 15) is 18.5 Å². The fraction of sp³-hybridized carbons (Fsp3) is 0.333. The van der Waals surface area contributed by atoms with Gasteiger partial charge in [0.05, 0.1) is 16.7 Å². The normalized spacial score (nSPS) is 10.7. The molecule has 2 N–H and O–H groups in total. The second-order valence-corrected chi connectivity index (χ2v) is 5.39. The van der Waals surface area contributed by atoms with Crippen molar-refractivity contribution in [3.8, 4) is 6.07 Å². The van der Waals surface area contributed by atoms with E-state index in [-0.39, 0.29) is 30.2 Å². The number of anilines is 1. The third kappa shape index (κ3) is 4.86. The lowest BCUT2D eigenvalue weighted by molar-refractivity contribution is -0.384. The number of nitro groups is 1. The number of hydrogen-bond acceptors (Lipinski definition) is 7. The van der Waals surface area contributed by atoms with Gasteiger partial charge < -0.3 is 5.32 Å². The van der Waals surface area contributed by atoms with Crippen LogP contribution in [0.1, 0.15) is 5.56 Å². The van der Waals surface area contributed by atoms with Gasteiger partial charge in [-0.3, -0.25) is 10.1 Å². The predicted octanol–water partition coefficient (Wildman–Crippen LogP) is -0.177. The highest BCUT2D eigenvalue weighted by Gasteiger charge is 2.16. The van der Waals surface area contributed by atoms with Crippen LogP contribution in [0.2, 0.25) is 0 Å². The van der Waals surface area contributed by atoms with Gasteiger partial charge in [0.2, 0.25) is 15.8 Å². The van der Waals surface area contributed by atoms with Crippen molar-refractivity contribution in [2.75, 3.05) is 24.7 Å². The van der Waals surface area contributed by atoms with Gasteiger partial charge in [-0.1, -0.05) is 0 Å². The van der Waals surface area contributed by atoms with E-state index in [0.29, 0.717) is 0 Å². The van der Waals surface area contributed by atoms with Gasteiger partial charge >= 0.3 is 5.69 Å². The average molecular weight is 285 g/mol. The van der Waals surface area contributed by atoms with Gasteiger partial charge in [-0.25, -0.2) is 18.1 Å². The smallest absolute Gasteiger partial charge is 0.312 e. The van der Waals surface area contributed by atoms with Crippen molar-refractivity contribution in [1.82, 2.24) is 9.71 Å².